The highest BCUT2D eigenvalue weighted by Crippen LogP contribution is 2.55. The number of aliphatic hydroxyl groups is 3. The number of fused-ring (bicyclic) bond motifs is 3. The fourth-order valence-corrected chi connectivity index (χ4v) is 7.96. The van der Waals surface area contributed by atoms with Gasteiger partial charge in [-0.2, -0.15) is 0 Å². The van der Waals surface area contributed by atoms with Crippen molar-refractivity contribution in [3.05, 3.63) is 63.9 Å². The Labute approximate surface area is 274 Å². The highest BCUT2D eigenvalue weighted by molar-refractivity contribution is 6.24. The van der Waals surface area contributed by atoms with Crippen molar-refractivity contribution in [2.75, 3.05) is 66.3 Å². The molecule has 4 unspecified atom stereocenters. The second-order valence-electron chi connectivity index (χ2n) is 13.8. The summed E-state index contributed by atoms with van der Waals surface area (Å²) < 4.78 is 0. The number of hydrogen-bond acceptors (Lipinski definition) is 11. The molecule has 1 heterocycles. The Bertz CT molecular complexity index is 1720. The highest BCUT2D eigenvalue weighted by atomic mass is 16.3. The smallest absolute Gasteiger partial charge is 0.255 e. The molecule has 1 amide bonds. The summed E-state index contributed by atoms with van der Waals surface area (Å²) >= 11 is 0. The molecular formula is C35H43N5O7. The molecule has 4 aliphatic rings. The van der Waals surface area contributed by atoms with Gasteiger partial charge in [-0.15, -0.1) is 0 Å². The minimum atomic E-state index is -2.68. The number of carbonyl (C=O) groups excluding carboxylic acids is 3. The average molecular weight is 646 g/mol. The standard InChI is InChI=1S/C35H43N5O7/c1-37(2)24-16-21(19-8-6-18(7-9-19)17-40-12-10-39(5)11-13-40)29(41)26-22(24)14-20-15-23-28(38(3)4)31(43)27(34(36)46)33(45)35(23,47)32(44)25(20)30(26)42/h6-9,16,20,23,28,41-42,45,47H,10-15,17H2,1-5H3,(H2,36,46). The van der Waals surface area contributed by atoms with Gasteiger partial charge in [0, 0.05) is 69.6 Å². The first kappa shape index (κ1) is 32.7. The Morgan fingerprint density at radius 3 is 2.23 bits per heavy atom. The van der Waals surface area contributed by atoms with E-state index in [1.165, 1.54) is 4.90 Å². The fourth-order valence-electron chi connectivity index (χ4n) is 7.96. The van der Waals surface area contributed by atoms with E-state index in [-0.39, 0.29) is 29.7 Å². The number of phenols is 1. The van der Waals surface area contributed by atoms with E-state index in [1.807, 2.05) is 49.3 Å². The second-order valence-corrected chi connectivity index (χ2v) is 13.8. The minimum absolute atomic E-state index is 0.0376. The van der Waals surface area contributed by atoms with Crippen LogP contribution in [-0.4, -0.2) is 126 Å². The molecule has 2 aromatic carbocycles. The summed E-state index contributed by atoms with van der Waals surface area (Å²) in [6.45, 7) is 4.83. The van der Waals surface area contributed by atoms with Gasteiger partial charge in [0.1, 0.15) is 22.8 Å². The number of hydrogen-bond donors (Lipinski definition) is 5. The maximum absolute atomic E-state index is 14.3. The Morgan fingerprint density at radius 2 is 1.66 bits per heavy atom. The van der Waals surface area contributed by atoms with Crippen LogP contribution in [0.15, 0.2) is 47.2 Å². The number of primary amides is 1. The van der Waals surface area contributed by atoms with Gasteiger partial charge >= 0.3 is 0 Å². The number of benzene rings is 2. The van der Waals surface area contributed by atoms with Crippen molar-refractivity contribution in [1.82, 2.24) is 14.7 Å². The second kappa shape index (κ2) is 11.8. The van der Waals surface area contributed by atoms with Crippen LogP contribution in [0.2, 0.25) is 0 Å². The molecule has 1 saturated carbocycles. The number of nitrogens with zero attached hydrogens (tertiary/aromatic N) is 4. The molecule has 6 N–H and O–H groups in total. The van der Waals surface area contributed by atoms with E-state index in [0.717, 1.165) is 49.5 Å². The molecule has 6 rings (SSSR count). The minimum Gasteiger partial charge on any atom is -0.508 e. The Balaban J connectivity index is 1.44. The Kier molecular flexibility index (Phi) is 8.20. The number of rotatable bonds is 6. The third-order valence-corrected chi connectivity index (χ3v) is 10.4. The molecule has 47 heavy (non-hydrogen) atoms. The van der Waals surface area contributed by atoms with Crippen LogP contribution < -0.4 is 10.6 Å². The molecule has 2 aromatic rings. The number of piperazine rings is 1. The maximum atomic E-state index is 14.3. The Hall–Kier alpha value is -4.23. The lowest BCUT2D eigenvalue weighted by Crippen LogP contribution is -2.65. The van der Waals surface area contributed by atoms with E-state index >= 15 is 0 Å². The number of nitrogens with two attached hydrogens (primary N) is 1. The molecule has 250 valence electrons. The monoisotopic (exact) mass is 645 g/mol. The van der Waals surface area contributed by atoms with E-state index < -0.39 is 58.0 Å². The molecule has 3 aliphatic carbocycles. The zero-order chi connectivity index (χ0) is 34.1. The molecule has 0 radical (unpaired) electrons. The molecule has 0 aromatic heterocycles. The summed E-state index contributed by atoms with van der Waals surface area (Å²) in [5.41, 5.74) is 5.49. The first-order valence-corrected chi connectivity index (χ1v) is 15.9. The number of anilines is 1. The Morgan fingerprint density at radius 1 is 1.02 bits per heavy atom. The quantitative estimate of drug-likeness (QED) is 0.288. The normalized spacial score (nSPS) is 26.7. The molecule has 1 saturated heterocycles. The largest absolute Gasteiger partial charge is 0.508 e. The lowest BCUT2D eigenvalue weighted by Gasteiger charge is -2.50. The zero-order valence-electron chi connectivity index (χ0n) is 27.4. The molecule has 12 heteroatoms. The zero-order valence-corrected chi connectivity index (χ0v) is 27.4. The number of aliphatic hydroxyl groups excluding tert-OH is 2. The predicted molar refractivity (Wildman–Crippen MR) is 177 cm³/mol. The third kappa shape index (κ3) is 5.10. The van der Waals surface area contributed by atoms with Crippen LogP contribution in [0.1, 0.15) is 23.1 Å². The van der Waals surface area contributed by atoms with Crippen LogP contribution in [-0.2, 0) is 27.3 Å². The topological polar surface area (TPSA) is 171 Å². The fraction of sp³-hybridized carbons (Fsp3) is 0.457. The summed E-state index contributed by atoms with van der Waals surface area (Å²) in [4.78, 5) is 47.9. The number of Topliss-reactive ketones (excluding diaryl/α,β-unsaturated/α-hetero) is 2. The van der Waals surface area contributed by atoms with Crippen molar-refractivity contribution in [3.8, 4) is 16.9 Å². The number of aromatic hydroxyl groups is 1. The number of carbonyl (C=O) groups is 3. The molecule has 2 fully saturated rings. The number of likely N-dealkylation sites (N-methyl/N-ethyl adjacent to an activating group) is 2. The van der Waals surface area contributed by atoms with E-state index in [4.69, 9.17) is 5.73 Å². The molecule has 12 nitrogen and oxygen atoms in total. The summed E-state index contributed by atoms with van der Waals surface area (Å²) in [6, 6.07) is 8.63. The van der Waals surface area contributed by atoms with Crippen molar-refractivity contribution in [2.45, 2.75) is 31.0 Å². The van der Waals surface area contributed by atoms with Crippen molar-refractivity contribution in [2.24, 2.45) is 17.6 Å². The average Bonchev–Trinajstić information content (AvgIpc) is 3.00. The number of phenolic OH excluding ortho intramolecular Hbond substituents is 1. The van der Waals surface area contributed by atoms with Gasteiger partial charge < -0.3 is 36.0 Å². The summed E-state index contributed by atoms with van der Waals surface area (Å²) in [7, 11) is 8.99. The van der Waals surface area contributed by atoms with Gasteiger partial charge in [0.05, 0.1) is 11.6 Å². The summed E-state index contributed by atoms with van der Waals surface area (Å²) in [5.74, 6) is -6.65. The molecule has 0 bridgehead atoms. The van der Waals surface area contributed by atoms with Gasteiger partial charge in [0.15, 0.2) is 11.4 Å². The van der Waals surface area contributed by atoms with Crippen LogP contribution in [0.4, 0.5) is 5.69 Å². The van der Waals surface area contributed by atoms with Crippen LogP contribution in [0.5, 0.6) is 5.75 Å². The van der Waals surface area contributed by atoms with Gasteiger partial charge in [0.25, 0.3) is 5.91 Å². The van der Waals surface area contributed by atoms with Crippen LogP contribution in [0.3, 0.4) is 0 Å². The van der Waals surface area contributed by atoms with Crippen molar-refractivity contribution >= 4 is 28.9 Å². The maximum Gasteiger partial charge on any atom is 0.255 e. The van der Waals surface area contributed by atoms with Gasteiger partial charge in [0.2, 0.25) is 5.78 Å². The van der Waals surface area contributed by atoms with Gasteiger partial charge in [-0.05, 0) is 62.7 Å². The third-order valence-electron chi connectivity index (χ3n) is 10.4. The predicted octanol–water partition coefficient (Wildman–Crippen LogP) is 1.44. The van der Waals surface area contributed by atoms with Crippen molar-refractivity contribution in [3.63, 3.8) is 0 Å². The molecule has 1 aliphatic heterocycles. The first-order chi connectivity index (χ1) is 22.2. The number of ketones is 2. The summed E-state index contributed by atoms with van der Waals surface area (Å²) in [6.07, 6.45) is 0.260. The van der Waals surface area contributed by atoms with E-state index in [2.05, 4.69) is 16.8 Å². The number of amides is 1. The molecule has 0 spiro atoms. The SMILES string of the molecule is CN1CCN(Cc2ccc(-c3cc(N(C)C)c4c(c3O)C(O)=C3C(=O)C5(O)C(O)=C(C(N)=O)C(=O)C(N(C)C)C5CC3C4)cc2)CC1. The van der Waals surface area contributed by atoms with Gasteiger partial charge in [-0.1, -0.05) is 24.3 Å². The molecular weight excluding hydrogens is 602 g/mol. The van der Waals surface area contributed by atoms with E-state index in [0.29, 0.717) is 11.1 Å². The van der Waals surface area contributed by atoms with E-state index in [9.17, 15) is 34.8 Å². The van der Waals surface area contributed by atoms with E-state index in [1.54, 1.807) is 14.1 Å². The first-order valence-electron chi connectivity index (χ1n) is 15.9. The van der Waals surface area contributed by atoms with Gasteiger partial charge in [-0.3, -0.25) is 24.2 Å². The lowest BCUT2D eigenvalue weighted by molar-refractivity contribution is -0.153. The molecule has 4 atom stereocenters. The van der Waals surface area contributed by atoms with Crippen molar-refractivity contribution < 1.29 is 34.8 Å². The summed E-state index contributed by atoms with van der Waals surface area (Å²) in [5, 5.41) is 46.6. The van der Waals surface area contributed by atoms with Crippen LogP contribution in [0, 0.1) is 11.8 Å². The highest BCUT2D eigenvalue weighted by Gasteiger charge is 2.64. The van der Waals surface area contributed by atoms with Crippen LogP contribution in [0.25, 0.3) is 16.9 Å². The van der Waals surface area contributed by atoms with Crippen molar-refractivity contribution in [1.29, 1.82) is 0 Å². The van der Waals surface area contributed by atoms with Gasteiger partial charge in [-0.25, -0.2) is 0 Å². The van der Waals surface area contributed by atoms with Crippen LogP contribution >= 0.6 is 0 Å². The lowest BCUT2D eigenvalue weighted by atomic mass is 9.57.